The number of nitrogens with zero attached hydrogens (tertiary/aromatic N) is 1. The molecule has 0 bridgehead atoms. The van der Waals surface area contributed by atoms with E-state index >= 15 is 0 Å². The van der Waals surface area contributed by atoms with Gasteiger partial charge in [0.05, 0.1) is 6.20 Å². The fourth-order valence-electron chi connectivity index (χ4n) is 2.52. The third kappa shape index (κ3) is 3.49. The predicted octanol–water partition coefficient (Wildman–Crippen LogP) is 2.19. The standard InChI is InChI=1S/C12H20ClN3O2S/c1-10-14-7-11(16-10)19(17,18)15-9-12(8-13)5-3-2-4-6-12/h7,15H,2-6,8-9H2,1H3,(H,14,16). The van der Waals surface area contributed by atoms with Crippen molar-refractivity contribution in [3.05, 3.63) is 12.0 Å². The van der Waals surface area contributed by atoms with Crippen molar-refractivity contribution in [2.24, 2.45) is 5.41 Å². The van der Waals surface area contributed by atoms with E-state index in [1.165, 1.54) is 12.6 Å². The summed E-state index contributed by atoms with van der Waals surface area (Å²) in [5, 5.41) is 0.116. The summed E-state index contributed by atoms with van der Waals surface area (Å²) < 4.78 is 26.9. The molecule has 0 radical (unpaired) electrons. The van der Waals surface area contributed by atoms with E-state index in [-0.39, 0.29) is 10.4 Å². The number of sulfonamides is 1. The molecule has 0 spiro atoms. The molecule has 2 N–H and O–H groups in total. The molecule has 1 aliphatic rings. The highest BCUT2D eigenvalue weighted by molar-refractivity contribution is 7.89. The summed E-state index contributed by atoms with van der Waals surface area (Å²) in [4.78, 5) is 6.65. The molecular weight excluding hydrogens is 286 g/mol. The highest BCUT2D eigenvalue weighted by atomic mass is 35.5. The van der Waals surface area contributed by atoms with E-state index in [1.807, 2.05) is 0 Å². The highest BCUT2D eigenvalue weighted by Gasteiger charge is 2.33. The van der Waals surface area contributed by atoms with Crippen LogP contribution in [0.2, 0.25) is 0 Å². The van der Waals surface area contributed by atoms with Gasteiger partial charge in [-0.15, -0.1) is 11.6 Å². The quantitative estimate of drug-likeness (QED) is 0.819. The van der Waals surface area contributed by atoms with Crippen LogP contribution in [0.15, 0.2) is 11.2 Å². The lowest BCUT2D eigenvalue weighted by molar-refractivity contribution is 0.223. The number of aromatic nitrogens is 2. The van der Waals surface area contributed by atoms with Gasteiger partial charge in [-0.25, -0.2) is 18.1 Å². The van der Waals surface area contributed by atoms with Crippen LogP contribution in [0.1, 0.15) is 37.9 Å². The number of hydrogen-bond acceptors (Lipinski definition) is 3. The first kappa shape index (κ1) is 14.8. The van der Waals surface area contributed by atoms with Gasteiger partial charge in [-0.05, 0) is 25.2 Å². The minimum atomic E-state index is -3.51. The topological polar surface area (TPSA) is 74.8 Å². The van der Waals surface area contributed by atoms with Gasteiger partial charge in [0.25, 0.3) is 10.0 Å². The third-order valence-electron chi connectivity index (χ3n) is 3.80. The number of imidazole rings is 1. The van der Waals surface area contributed by atoms with E-state index in [2.05, 4.69) is 14.7 Å². The monoisotopic (exact) mass is 305 g/mol. The van der Waals surface area contributed by atoms with Gasteiger partial charge < -0.3 is 4.98 Å². The van der Waals surface area contributed by atoms with Crippen molar-refractivity contribution in [1.82, 2.24) is 14.7 Å². The fourth-order valence-corrected chi connectivity index (χ4v) is 4.01. The number of aromatic amines is 1. The molecule has 2 rings (SSSR count). The molecule has 0 saturated heterocycles. The first-order valence-corrected chi connectivity index (χ1v) is 8.56. The van der Waals surface area contributed by atoms with Gasteiger partial charge in [-0.2, -0.15) is 0 Å². The SMILES string of the molecule is Cc1ncc(S(=O)(=O)NCC2(CCl)CCCCC2)[nH]1. The summed E-state index contributed by atoms with van der Waals surface area (Å²) in [6.45, 7) is 2.12. The van der Waals surface area contributed by atoms with Gasteiger partial charge in [0.15, 0.2) is 5.03 Å². The second-order valence-corrected chi connectivity index (χ2v) is 7.35. The van der Waals surface area contributed by atoms with Crippen molar-refractivity contribution < 1.29 is 8.42 Å². The Labute approximate surface area is 119 Å². The van der Waals surface area contributed by atoms with Crippen molar-refractivity contribution >= 4 is 21.6 Å². The molecule has 5 nitrogen and oxygen atoms in total. The Morgan fingerprint density at radius 3 is 2.63 bits per heavy atom. The number of nitrogens with one attached hydrogen (secondary N) is 2. The van der Waals surface area contributed by atoms with Crippen LogP contribution in [0.5, 0.6) is 0 Å². The number of halogens is 1. The Morgan fingerprint density at radius 1 is 1.42 bits per heavy atom. The molecule has 0 aliphatic heterocycles. The van der Waals surface area contributed by atoms with E-state index in [4.69, 9.17) is 11.6 Å². The number of hydrogen-bond donors (Lipinski definition) is 2. The van der Waals surface area contributed by atoms with Crippen molar-refractivity contribution in [3.63, 3.8) is 0 Å². The fraction of sp³-hybridized carbons (Fsp3) is 0.750. The molecular formula is C12H20ClN3O2S. The summed E-state index contributed by atoms with van der Waals surface area (Å²) in [7, 11) is -3.51. The van der Waals surface area contributed by atoms with E-state index in [0.717, 1.165) is 25.7 Å². The summed E-state index contributed by atoms with van der Waals surface area (Å²) in [6, 6.07) is 0. The summed E-state index contributed by atoms with van der Waals surface area (Å²) in [5.74, 6) is 1.09. The minimum Gasteiger partial charge on any atom is -0.332 e. The Bertz CT molecular complexity index is 521. The molecule has 1 heterocycles. The average Bonchev–Trinajstić information content (AvgIpc) is 2.85. The lowest BCUT2D eigenvalue weighted by atomic mass is 9.76. The Hall–Kier alpha value is -0.590. The molecule has 7 heteroatoms. The second-order valence-electron chi connectivity index (χ2n) is 5.35. The van der Waals surface area contributed by atoms with E-state index in [9.17, 15) is 8.42 Å². The van der Waals surface area contributed by atoms with Gasteiger partial charge in [0.2, 0.25) is 0 Å². The van der Waals surface area contributed by atoms with Gasteiger partial charge in [-0.1, -0.05) is 19.3 Å². The van der Waals surface area contributed by atoms with Gasteiger partial charge in [0.1, 0.15) is 5.82 Å². The highest BCUT2D eigenvalue weighted by Crippen LogP contribution is 2.37. The number of rotatable bonds is 5. The van der Waals surface area contributed by atoms with Gasteiger partial charge in [-0.3, -0.25) is 0 Å². The van der Waals surface area contributed by atoms with E-state index in [1.54, 1.807) is 6.92 Å². The zero-order valence-corrected chi connectivity index (χ0v) is 12.6. The van der Waals surface area contributed by atoms with Crippen molar-refractivity contribution in [2.45, 2.75) is 44.1 Å². The van der Waals surface area contributed by atoms with Crippen molar-refractivity contribution in [1.29, 1.82) is 0 Å². The molecule has 0 atom stereocenters. The molecule has 0 unspecified atom stereocenters. The number of H-pyrrole nitrogens is 1. The maximum atomic E-state index is 12.1. The van der Waals surface area contributed by atoms with Crippen LogP contribution in [0, 0.1) is 12.3 Å². The Kier molecular flexibility index (Phi) is 4.53. The largest absolute Gasteiger partial charge is 0.332 e. The molecule has 108 valence electrons. The van der Waals surface area contributed by atoms with E-state index in [0.29, 0.717) is 18.2 Å². The molecule has 1 saturated carbocycles. The van der Waals surface area contributed by atoms with Crippen LogP contribution >= 0.6 is 11.6 Å². The zero-order valence-electron chi connectivity index (χ0n) is 11.1. The van der Waals surface area contributed by atoms with Crippen molar-refractivity contribution in [3.8, 4) is 0 Å². The Balaban J connectivity index is 2.04. The maximum absolute atomic E-state index is 12.1. The molecule has 1 aliphatic carbocycles. The predicted molar refractivity (Wildman–Crippen MR) is 74.8 cm³/mol. The zero-order chi connectivity index (χ0) is 13.9. The molecule has 19 heavy (non-hydrogen) atoms. The molecule has 0 aromatic carbocycles. The van der Waals surface area contributed by atoms with Crippen LogP contribution in [0.3, 0.4) is 0 Å². The van der Waals surface area contributed by atoms with Crippen molar-refractivity contribution in [2.75, 3.05) is 12.4 Å². The van der Waals surface area contributed by atoms with Gasteiger partial charge in [0, 0.05) is 12.4 Å². The van der Waals surface area contributed by atoms with Gasteiger partial charge >= 0.3 is 0 Å². The third-order valence-corrected chi connectivity index (χ3v) is 5.68. The summed E-state index contributed by atoms with van der Waals surface area (Å²) in [6.07, 6.45) is 6.77. The van der Waals surface area contributed by atoms with Crippen LogP contribution < -0.4 is 4.72 Å². The lowest BCUT2D eigenvalue weighted by Gasteiger charge is -2.35. The second kappa shape index (κ2) is 5.81. The maximum Gasteiger partial charge on any atom is 0.257 e. The van der Waals surface area contributed by atoms with Crippen LogP contribution in [-0.2, 0) is 10.0 Å². The summed E-state index contributed by atoms with van der Waals surface area (Å²) >= 11 is 6.06. The summed E-state index contributed by atoms with van der Waals surface area (Å²) in [5.41, 5.74) is -0.0953. The molecule has 1 fully saturated rings. The lowest BCUT2D eigenvalue weighted by Crippen LogP contribution is -2.40. The van der Waals surface area contributed by atoms with E-state index < -0.39 is 10.0 Å². The Morgan fingerprint density at radius 2 is 2.11 bits per heavy atom. The number of alkyl halides is 1. The van der Waals surface area contributed by atoms with Crippen LogP contribution in [0.25, 0.3) is 0 Å². The minimum absolute atomic E-state index is 0.0953. The normalized spacial score (nSPS) is 19.5. The first-order chi connectivity index (χ1) is 8.97. The average molecular weight is 306 g/mol. The van der Waals surface area contributed by atoms with Crippen LogP contribution in [-0.4, -0.2) is 30.8 Å². The smallest absolute Gasteiger partial charge is 0.257 e. The molecule has 0 amide bonds. The number of aryl methyl sites for hydroxylation is 1. The first-order valence-electron chi connectivity index (χ1n) is 6.55. The molecule has 1 aromatic heterocycles. The molecule has 1 aromatic rings. The van der Waals surface area contributed by atoms with Crippen LogP contribution in [0.4, 0.5) is 0 Å².